The minimum atomic E-state index is -0.000907. The molecule has 0 radical (unpaired) electrons. The van der Waals surface area contributed by atoms with Gasteiger partial charge in [-0.15, -0.1) is 5.11 Å². The predicted octanol–water partition coefficient (Wildman–Crippen LogP) is 6.17. The second-order valence-electron chi connectivity index (χ2n) is 7.37. The highest BCUT2D eigenvalue weighted by Gasteiger charge is 2.15. The van der Waals surface area contributed by atoms with E-state index in [1.807, 2.05) is 24.8 Å². The molecule has 6 heteroatoms. The summed E-state index contributed by atoms with van der Waals surface area (Å²) in [6.07, 6.45) is 1.87. The first-order chi connectivity index (χ1) is 13.9. The number of nitrogens with zero attached hydrogens (tertiary/aromatic N) is 3. The van der Waals surface area contributed by atoms with E-state index in [1.165, 1.54) is 0 Å². The molecular formula is C23H28N4O2. The Morgan fingerprint density at radius 1 is 1.03 bits per heavy atom. The van der Waals surface area contributed by atoms with Gasteiger partial charge in [0.2, 0.25) is 5.88 Å². The quantitative estimate of drug-likeness (QED) is 0.472. The van der Waals surface area contributed by atoms with Gasteiger partial charge < -0.3 is 15.0 Å². The van der Waals surface area contributed by atoms with Crippen LogP contribution in [0, 0.1) is 13.8 Å². The second-order valence-corrected chi connectivity index (χ2v) is 7.37. The van der Waals surface area contributed by atoms with Crippen LogP contribution in [0.4, 0.5) is 11.4 Å². The molecule has 29 heavy (non-hydrogen) atoms. The smallest absolute Gasteiger partial charge is 0.253 e. The molecule has 0 saturated heterocycles. The first kappa shape index (κ1) is 20.6. The molecule has 3 aromatic rings. The van der Waals surface area contributed by atoms with Crippen LogP contribution in [0.15, 0.2) is 46.6 Å². The summed E-state index contributed by atoms with van der Waals surface area (Å²) in [7, 11) is 0. The maximum Gasteiger partial charge on any atom is 0.253 e. The van der Waals surface area contributed by atoms with E-state index in [9.17, 15) is 9.90 Å². The number of hydrogen-bond acceptors (Lipinski definition) is 4. The Morgan fingerprint density at radius 2 is 1.69 bits per heavy atom. The summed E-state index contributed by atoms with van der Waals surface area (Å²) in [5.74, 6) is 0.0384. The lowest BCUT2D eigenvalue weighted by Gasteiger charge is -2.21. The second kappa shape index (κ2) is 8.90. The third-order valence-corrected chi connectivity index (χ3v) is 4.86. The number of benzene rings is 2. The highest BCUT2D eigenvalue weighted by molar-refractivity contribution is 5.96. The summed E-state index contributed by atoms with van der Waals surface area (Å²) in [4.78, 5) is 17.5. The van der Waals surface area contributed by atoms with Gasteiger partial charge in [-0.2, -0.15) is 5.11 Å². The Kier molecular flexibility index (Phi) is 6.32. The zero-order chi connectivity index (χ0) is 21.0. The van der Waals surface area contributed by atoms with Crippen LogP contribution in [0.25, 0.3) is 10.9 Å². The number of aromatic amines is 1. The number of H-pyrrole nitrogens is 1. The summed E-state index contributed by atoms with van der Waals surface area (Å²) in [6, 6.07) is 11.1. The molecule has 0 spiro atoms. The molecule has 0 aliphatic heterocycles. The minimum Gasteiger partial charge on any atom is -0.493 e. The van der Waals surface area contributed by atoms with E-state index in [0.717, 1.165) is 48.0 Å². The first-order valence-corrected chi connectivity index (χ1v) is 10.1. The Hall–Kier alpha value is -3.15. The fourth-order valence-corrected chi connectivity index (χ4v) is 3.54. The van der Waals surface area contributed by atoms with Crippen molar-refractivity contribution in [2.75, 3.05) is 13.1 Å². The van der Waals surface area contributed by atoms with Crippen LogP contribution < -0.4 is 0 Å². The fourth-order valence-electron chi connectivity index (χ4n) is 3.54. The number of carbonyl (C=O) groups excluding carboxylic acids is 1. The van der Waals surface area contributed by atoms with Crippen molar-refractivity contribution < 1.29 is 9.90 Å². The minimum absolute atomic E-state index is 0.000907. The molecule has 0 aliphatic carbocycles. The molecular weight excluding hydrogens is 364 g/mol. The van der Waals surface area contributed by atoms with E-state index < -0.39 is 0 Å². The van der Waals surface area contributed by atoms with Crippen LogP contribution in [0.2, 0.25) is 0 Å². The van der Waals surface area contributed by atoms with Gasteiger partial charge in [0.15, 0.2) is 5.69 Å². The van der Waals surface area contributed by atoms with Gasteiger partial charge in [0.05, 0.1) is 11.2 Å². The van der Waals surface area contributed by atoms with E-state index in [0.29, 0.717) is 16.9 Å². The van der Waals surface area contributed by atoms with Gasteiger partial charge in [-0.25, -0.2) is 0 Å². The summed E-state index contributed by atoms with van der Waals surface area (Å²) < 4.78 is 0. The zero-order valence-corrected chi connectivity index (χ0v) is 17.5. The van der Waals surface area contributed by atoms with Crippen molar-refractivity contribution in [1.29, 1.82) is 0 Å². The third-order valence-electron chi connectivity index (χ3n) is 4.86. The van der Waals surface area contributed by atoms with E-state index >= 15 is 0 Å². The molecule has 0 saturated carbocycles. The number of nitrogens with one attached hydrogen (secondary N) is 1. The summed E-state index contributed by atoms with van der Waals surface area (Å²) in [6.45, 7) is 9.65. The summed E-state index contributed by atoms with van der Waals surface area (Å²) in [5.41, 5.74) is 4.68. The van der Waals surface area contributed by atoms with Crippen LogP contribution in [-0.2, 0) is 0 Å². The fraction of sp³-hybridized carbons (Fsp3) is 0.348. The van der Waals surface area contributed by atoms with Gasteiger partial charge >= 0.3 is 0 Å². The molecule has 2 aromatic carbocycles. The maximum atomic E-state index is 12.7. The summed E-state index contributed by atoms with van der Waals surface area (Å²) in [5, 5.41) is 19.6. The molecule has 1 heterocycles. The molecule has 0 atom stereocenters. The van der Waals surface area contributed by atoms with Crippen LogP contribution >= 0.6 is 0 Å². The Balaban J connectivity index is 1.83. The number of carbonyl (C=O) groups is 1. The largest absolute Gasteiger partial charge is 0.493 e. The number of fused-ring (bicyclic) bond motifs is 1. The van der Waals surface area contributed by atoms with E-state index in [2.05, 4.69) is 35.1 Å². The van der Waals surface area contributed by atoms with Crippen molar-refractivity contribution in [1.82, 2.24) is 9.88 Å². The van der Waals surface area contributed by atoms with Gasteiger partial charge in [-0.3, -0.25) is 4.79 Å². The van der Waals surface area contributed by atoms with Crippen molar-refractivity contribution in [3.05, 3.63) is 53.1 Å². The van der Waals surface area contributed by atoms with Crippen LogP contribution in [-0.4, -0.2) is 34.0 Å². The molecule has 1 amide bonds. The normalized spacial score (nSPS) is 11.4. The zero-order valence-electron chi connectivity index (χ0n) is 17.5. The molecule has 0 aliphatic rings. The lowest BCUT2D eigenvalue weighted by molar-refractivity contribution is 0.0755. The highest BCUT2D eigenvalue weighted by Crippen LogP contribution is 2.38. The van der Waals surface area contributed by atoms with E-state index in [-0.39, 0.29) is 11.8 Å². The molecule has 152 valence electrons. The van der Waals surface area contributed by atoms with E-state index in [4.69, 9.17) is 0 Å². The van der Waals surface area contributed by atoms with Gasteiger partial charge in [-0.05, 0) is 62.6 Å². The van der Waals surface area contributed by atoms with Crippen molar-refractivity contribution in [3.63, 3.8) is 0 Å². The molecule has 1 aromatic heterocycles. The average molecular weight is 393 g/mol. The lowest BCUT2D eigenvalue weighted by atomic mass is 10.1. The monoisotopic (exact) mass is 392 g/mol. The molecule has 0 bridgehead atoms. The van der Waals surface area contributed by atoms with Gasteiger partial charge in [0, 0.05) is 24.0 Å². The highest BCUT2D eigenvalue weighted by atomic mass is 16.3. The number of aromatic nitrogens is 1. The lowest BCUT2D eigenvalue weighted by Crippen LogP contribution is -2.32. The van der Waals surface area contributed by atoms with Crippen molar-refractivity contribution in [2.24, 2.45) is 10.2 Å². The van der Waals surface area contributed by atoms with Crippen LogP contribution in [0.1, 0.15) is 48.2 Å². The Bertz CT molecular complexity index is 1030. The molecule has 6 nitrogen and oxygen atoms in total. The van der Waals surface area contributed by atoms with Crippen molar-refractivity contribution >= 4 is 28.2 Å². The van der Waals surface area contributed by atoms with Crippen molar-refractivity contribution in [2.45, 2.75) is 40.5 Å². The van der Waals surface area contributed by atoms with E-state index in [1.54, 1.807) is 24.3 Å². The Labute approximate surface area is 171 Å². The number of aromatic hydroxyl groups is 1. The molecule has 3 rings (SSSR count). The van der Waals surface area contributed by atoms with Gasteiger partial charge in [0.1, 0.15) is 0 Å². The van der Waals surface area contributed by atoms with Crippen LogP contribution in [0.3, 0.4) is 0 Å². The number of aryl methyl sites for hydroxylation is 2. The maximum absolute atomic E-state index is 12.7. The molecule has 0 fully saturated rings. The molecule has 2 N–H and O–H groups in total. The summed E-state index contributed by atoms with van der Waals surface area (Å²) >= 11 is 0. The predicted molar refractivity (Wildman–Crippen MR) is 117 cm³/mol. The Morgan fingerprint density at radius 3 is 2.31 bits per heavy atom. The van der Waals surface area contributed by atoms with Gasteiger partial charge in [0.25, 0.3) is 5.91 Å². The SMILES string of the molecule is CCCN(CCC)C(=O)c1ccc(N=Nc2c(O)[nH]c3c(C)cc(C)cc23)cc1. The standard InChI is InChI=1S/C23H28N4O2/c1-5-11-27(12-6-2)23(29)17-7-9-18(10-8-17)25-26-21-19-14-15(3)13-16(4)20(19)24-22(21)28/h7-10,13-14,24,28H,5-6,11-12H2,1-4H3. The third kappa shape index (κ3) is 4.47. The molecule has 0 unspecified atom stereocenters. The number of amides is 1. The number of hydrogen-bond donors (Lipinski definition) is 2. The van der Waals surface area contributed by atoms with Crippen LogP contribution in [0.5, 0.6) is 5.88 Å². The van der Waals surface area contributed by atoms with Crippen molar-refractivity contribution in [3.8, 4) is 5.88 Å². The van der Waals surface area contributed by atoms with Gasteiger partial charge in [-0.1, -0.05) is 25.5 Å². The number of azo groups is 1. The topological polar surface area (TPSA) is 81.1 Å². The number of rotatable bonds is 7. The first-order valence-electron chi connectivity index (χ1n) is 10.1. The average Bonchev–Trinajstić information content (AvgIpc) is 3.01.